The molecule has 8 nitrogen and oxygen atoms in total. The van der Waals surface area contributed by atoms with Gasteiger partial charge in [0.1, 0.15) is 0 Å². The van der Waals surface area contributed by atoms with Crippen LogP contribution in [0.3, 0.4) is 0 Å². The van der Waals surface area contributed by atoms with Gasteiger partial charge in [0.25, 0.3) is 0 Å². The summed E-state index contributed by atoms with van der Waals surface area (Å²) in [6.07, 6.45) is 0. The summed E-state index contributed by atoms with van der Waals surface area (Å²) < 4.78 is 0. The van der Waals surface area contributed by atoms with Crippen LogP contribution in [0.15, 0.2) is 0 Å². The van der Waals surface area contributed by atoms with Gasteiger partial charge < -0.3 is 27.2 Å². The molecule has 0 fully saturated rings. The zero-order valence-electron chi connectivity index (χ0n) is 6.18. The van der Waals surface area contributed by atoms with Crippen LogP contribution >= 0.6 is 0 Å². The maximum atomic E-state index is 7.12. The van der Waals surface area contributed by atoms with E-state index in [4.69, 9.17) is 27.2 Å². The fourth-order valence-electron chi connectivity index (χ4n) is 0.427. The standard InChI is InChI=1S/C3H6N6.BH3O2/c4-1-7-2(5)9-3(6)8-1;2-1-3/h(H6,4,5,6,7,8,9);1-3H. The number of nitrogens with two attached hydrogens (primary N) is 3. The highest BCUT2D eigenvalue weighted by Crippen LogP contribution is 1.97. The fourth-order valence-corrected chi connectivity index (χ4v) is 0.427. The molecule has 0 saturated heterocycles. The number of aromatic nitrogens is 3. The highest BCUT2D eigenvalue weighted by molar-refractivity contribution is 6.13. The average molecular weight is 172 g/mol. The van der Waals surface area contributed by atoms with Gasteiger partial charge in [0.15, 0.2) is 0 Å². The first-order valence-corrected chi connectivity index (χ1v) is 2.84. The zero-order valence-corrected chi connectivity index (χ0v) is 6.18. The lowest BCUT2D eigenvalue weighted by atomic mass is 10.5. The van der Waals surface area contributed by atoms with E-state index in [0.717, 1.165) is 0 Å². The van der Waals surface area contributed by atoms with Gasteiger partial charge in [-0.15, -0.1) is 0 Å². The molecule has 1 heterocycles. The van der Waals surface area contributed by atoms with E-state index in [0.29, 0.717) is 0 Å². The molecular weight excluding hydrogens is 163 g/mol. The van der Waals surface area contributed by atoms with Crippen molar-refractivity contribution in [2.24, 2.45) is 0 Å². The first-order valence-electron chi connectivity index (χ1n) is 2.84. The first-order chi connectivity index (χ1) is 5.60. The SMILES string of the molecule is Nc1nc(N)nc(N)n1.OBO. The van der Waals surface area contributed by atoms with Crippen LogP contribution < -0.4 is 17.2 Å². The highest BCUT2D eigenvalue weighted by Gasteiger charge is 1.93. The summed E-state index contributed by atoms with van der Waals surface area (Å²) in [4.78, 5) is 10.5. The molecule has 0 aliphatic heterocycles. The Morgan fingerprint density at radius 3 is 1.17 bits per heavy atom. The van der Waals surface area contributed by atoms with E-state index >= 15 is 0 Å². The molecule has 66 valence electrons. The summed E-state index contributed by atoms with van der Waals surface area (Å²) in [6.45, 7) is 0. The van der Waals surface area contributed by atoms with Crippen molar-refractivity contribution in [3.63, 3.8) is 0 Å². The van der Waals surface area contributed by atoms with Gasteiger partial charge in [-0.3, -0.25) is 0 Å². The Kier molecular flexibility index (Phi) is 4.42. The van der Waals surface area contributed by atoms with Crippen LogP contribution in [0.25, 0.3) is 0 Å². The fraction of sp³-hybridized carbons (Fsp3) is 0. The third-order valence-electron chi connectivity index (χ3n) is 0.687. The normalized spacial score (nSPS) is 8.17. The van der Waals surface area contributed by atoms with Crippen LogP contribution in [0.5, 0.6) is 0 Å². The predicted molar refractivity (Wildman–Crippen MR) is 44.7 cm³/mol. The third-order valence-corrected chi connectivity index (χ3v) is 0.687. The Morgan fingerprint density at radius 1 is 0.833 bits per heavy atom. The lowest BCUT2D eigenvalue weighted by molar-refractivity contribution is 0.448. The lowest BCUT2D eigenvalue weighted by Crippen LogP contribution is -2.05. The van der Waals surface area contributed by atoms with E-state index in [2.05, 4.69) is 15.0 Å². The quantitative estimate of drug-likeness (QED) is 0.257. The Balaban J connectivity index is 0.000000354. The summed E-state index contributed by atoms with van der Waals surface area (Å²) >= 11 is 0. The van der Waals surface area contributed by atoms with Crippen LogP contribution in [-0.2, 0) is 0 Å². The van der Waals surface area contributed by atoms with Gasteiger partial charge in [0.05, 0.1) is 0 Å². The number of rotatable bonds is 0. The summed E-state index contributed by atoms with van der Waals surface area (Å²) in [6, 6.07) is 0. The molecule has 0 saturated carbocycles. The van der Waals surface area contributed by atoms with Gasteiger partial charge in [-0.05, 0) is 0 Å². The average Bonchev–Trinajstić information content (AvgIpc) is 1.84. The predicted octanol–water partition coefficient (Wildman–Crippen LogP) is -3.14. The van der Waals surface area contributed by atoms with Crippen LogP contribution in [0.2, 0.25) is 0 Å². The molecule has 1 rings (SSSR count). The van der Waals surface area contributed by atoms with E-state index in [1.807, 2.05) is 0 Å². The summed E-state index contributed by atoms with van der Waals surface area (Å²) in [5.74, 6) is 0.125. The zero-order chi connectivity index (χ0) is 9.56. The molecule has 0 radical (unpaired) electrons. The molecule has 0 aliphatic rings. The minimum atomic E-state index is -0.750. The Labute approximate surface area is 68.8 Å². The number of anilines is 3. The Morgan fingerprint density at radius 2 is 1.00 bits per heavy atom. The number of nitrogens with zero attached hydrogens (tertiary/aromatic N) is 3. The largest absolute Gasteiger partial charge is 0.432 e. The molecule has 0 atom stereocenters. The molecule has 9 heteroatoms. The molecule has 0 unspecified atom stereocenters. The second-order valence-electron chi connectivity index (χ2n) is 1.55. The minimum Gasteiger partial charge on any atom is -0.430 e. The molecule has 1 aromatic heterocycles. The third kappa shape index (κ3) is 4.25. The smallest absolute Gasteiger partial charge is 0.430 e. The molecule has 1 aromatic rings. The van der Waals surface area contributed by atoms with Crippen molar-refractivity contribution in [2.75, 3.05) is 17.2 Å². The topological polar surface area (TPSA) is 157 Å². The summed E-state index contributed by atoms with van der Waals surface area (Å²) in [5.41, 5.74) is 15.4. The van der Waals surface area contributed by atoms with Crippen LogP contribution in [0, 0.1) is 0 Å². The van der Waals surface area contributed by atoms with Crippen molar-refractivity contribution < 1.29 is 10.0 Å². The van der Waals surface area contributed by atoms with Crippen LogP contribution in [0.1, 0.15) is 0 Å². The van der Waals surface area contributed by atoms with Crippen molar-refractivity contribution in [1.29, 1.82) is 0 Å². The summed E-state index contributed by atoms with van der Waals surface area (Å²) in [5, 5.41) is 14.2. The molecule has 0 spiro atoms. The van der Waals surface area contributed by atoms with Crippen molar-refractivity contribution in [2.45, 2.75) is 0 Å². The van der Waals surface area contributed by atoms with E-state index in [9.17, 15) is 0 Å². The molecular formula is C3H9BN6O2. The van der Waals surface area contributed by atoms with Crippen molar-refractivity contribution in [1.82, 2.24) is 15.0 Å². The van der Waals surface area contributed by atoms with Gasteiger partial charge >= 0.3 is 7.69 Å². The first kappa shape index (κ1) is 10.4. The Hall–Kier alpha value is -1.61. The van der Waals surface area contributed by atoms with Gasteiger partial charge in [-0.1, -0.05) is 0 Å². The molecule has 0 aliphatic carbocycles. The second kappa shape index (κ2) is 5.10. The minimum absolute atomic E-state index is 0.0417. The Bertz CT molecular complexity index is 194. The molecule has 0 bridgehead atoms. The van der Waals surface area contributed by atoms with Crippen molar-refractivity contribution in [3.05, 3.63) is 0 Å². The van der Waals surface area contributed by atoms with Crippen molar-refractivity contribution >= 4 is 25.5 Å². The maximum Gasteiger partial charge on any atom is 0.432 e. The van der Waals surface area contributed by atoms with Crippen LogP contribution in [-0.4, -0.2) is 32.7 Å². The van der Waals surface area contributed by atoms with E-state index in [-0.39, 0.29) is 17.8 Å². The van der Waals surface area contributed by atoms with Crippen LogP contribution in [0.4, 0.5) is 17.8 Å². The molecule has 0 amide bonds. The molecule has 0 aromatic carbocycles. The van der Waals surface area contributed by atoms with Gasteiger partial charge in [-0.2, -0.15) is 15.0 Å². The number of hydrogen-bond donors (Lipinski definition) is 5. The second-order valence-corrected chi connectivity index (χ2v) is 1.55. The van der Waals surface area contributed by atoms with Crippen molar-refractivity contribution in [3.8, 4) is 0 Å². The van der Waals surface area contributed by atoms with Gasteiger partial charge in [0, 0.05) is 0 Å². The van der Waals surface area contributed by atoms with Gasteiger partial charge in [0.2, 0.25) is 17.8 Å². The number of nitrogen functional groups attached to an aromatic ring is 3. The van der Waals surface area contributed by atoms with E-state index in [1.54, 1.807) is 0 Å². The number of hydrogen-bond acceptors (Lipinski definition) is 8. The highest BCUT2D eigenvalue weighted by atomic mass is 16.4. The van der Waals surface area contributed by atoms with E-state index in [1.165, 1.54) is 0 Å². The summed E-state index contributed by atoms with van der Waals surface area (Å²) in [7, 11) is -0.750. The van der Waals surface area contributed by atoms with Gasteiger partial charge in [-0.25, -0.2) is 0 Å². The molecule has 8 N–H and O–H groups in total. The maximum absolute atomic E-state index is 7.12. The monoisotopic (exact) mass is 172 g/mol. The lowest BCUT2D eigenvalue weighted by Gasteiger charge is -1.93. The van der Waals surface area contributed by atoms with E-state index < -0.39 is 7.69 Å². The molecule has 12 heavy (non-hydrogen) atoms.